The number of fused-ring (bicyclic) bond motifs is 1. The predicted molar refractivity (Wildman–Crippen MR) is 71.1 cm³/mol. The van der Waals surface area contributed by atoms with Crippen LogP contribution >= 0.6 is 0 Å². The van der Waals surface area contributed by atoms with E-state index in [1.165, 1.54) is 0 Å². The van der Waals surface area contributed by atoms with Crippen molar-refractivity contribution >= 4 is 22.5 Å². The monoisotopic (exact) mass is 230 g/mol. The van der Waals surface area contributed by atoms with E-state index in [4.69, 9.17) is 0 Å². The Bertz CT molecular complexity index is 502. The van der Waals surface area contributed by atoms with Crippen molar-refractivity contribution in [1.29, 1.82) is 0 Å². The number of hydrogen-bond donors (Lipinski definition) is 2. The average molecular weight is 230 g/mol. The number of rotatable bonds is 5. The highest BCUT2D eigenvalue weighted by atomic mass is 16.1. The Hall–Kier alpha value is -1.77. The fourth-order valence-corrected chi connectivity index (χ4v) is 1.89. The minimum Gasteiger partial charge on any atom is -0.361 e. The standard InChI is InChI=1S/C14H18N2O/c1-2-3-4-5-14(17)16-12-6-7-13-11(10-12)8-9-15-13/h6-10,15H,2-5H2,1H3,(H,16,17). The molecule has 2 aromatic rings. The molecule has 0 atom stereocenters. The lowest BCUT2D eigenvalue weighted by atomic mass is 10.2. The normalized spacial score (nSPS) is 10.6. The quantitative estimate of drug-likeness (QED) is 0.756. The minimum absolute atomic E-state index is 0.105. The van der Waals surface area contributed by atoms with Crippen LogP contribution in [0.3, 0.4) is 0 Å². The molecule has 0 saturated carbocycles. The molecule has 90 valence electrons. The molecule has 2 N–H and O–H groups in total. The third kappa shape index (κ3) is 3.09. The van der Waals surface area contributed by atoms with Crippen molar-refractivity contribution < 1.29 is 4.79 Å². The fraction of sp³-hybridized carbons (Fsp3) is 0.357. The van der Waals surface area contributed by atoms with Crippen molar-refractivity contribution in [3.8, 4) is 0 Å². The van der Waals surface area contributed by atoms with Crippen LogP contribution in [0.4, 0.5) is 5.69 Å². The van der Waals surface area contributed by atoms with Crippen LogP contribution in [-0.2, 0) is 4.79 Å². The SMILES string of the molecule is CCCCCC(=O)Nc1ccc2[nH]ccc2c1. The van der Waals surface area contributed by atoms with Crippen LogP contribution in [0.1, 0.15) is 32.6 Å². The topological polar surface area (TPSA) is 44.9 Å². The average Bonchev–Trinajstić information content (AvgIpc) is 2.76. The van der Waals surface area contributed by atoms with Gasteiger partial charge in [-0.05, 0) is 30.7 Å². The number of unbranched alkanes of at least 4 members (excludes halogenated alkanes) is 2. The first-order chi connectivity index (χ1) is 8.29. The highest BCUT2D eigenvalue weighted by molar-refractivity contribution is 5.93. The summed E-state index contributed by atoms with van der Waals surface area (Å²) in [4.78, 5) is 14.8. The van der Waals surface area contributed by atoms with Crippen molar-refractivity contribution in [1.82, 2.24) is 4.98 Å². The van der Waals surface area contributed by atoms with Gasteiger partial charge in [-0.25, -0.2) is 0 Å². The van der Waals surface area contributed by atoms with Crippen LogP contribution in [0, 0.1) is 0 Å². The zero-order valence-corrected chi connectivity index (χ0v) is 10.1. The number of carbonyl (C=O) groups is 1. The molecule has 0 bridgehead atoms. The molecule has 3 heteroatoms. The molecule has 0 spiro atoms. The summed E-state index contributed by atoms with van der Waals surface area (Å²) in [7, 11) is 0. The molecule has 0 saturated heterocycles. The van der Waals surface area contributed by atoms with Gasteiger partial charge in [-0.2, -0.15) is 0 Å². The molecule has 0 aliphatic heterocycles. The summed E-state index contributed by atoms with van der Waals surface area (Å²) >= 11 is 0. The Labute approximate surface area is 101 Å². The third-order valence-electron chi connectivity index (χ3n) is 2.84. The molecule has 17 heavy (non-hydrogen) atoms. The third-order valence-corrected chi connectivity index (χ3v) is 2.84. The number of benzene rings is 1. The lowest BCUT2D eigenvalue weighted by molar-refractivity contribution is -0.116. The molecule has 0 aliphatic carbocycles. The molecule has 1 heterocycles. The highest BCUT2D eigenvalue weighted by Crippen LogP contribution is 2.18. The number of aromatic nitrogens is 1. The zero-order valence-electron chi connectivity index (χ0n) is 10.1. The van der Waals surface area contributed by atoms with Crippen molar-refractivity contribution in [2.45, 2.75) is 32.6 Å². The molecule has 1 aromatic heterocycles. The van der Waals surface area contributed by atoms with E-state index in [1.807, 2.05) is 30.5 Å². The van der Waals surface area contributed by atoms with Crippen molar-refractivity contribution in [2.24, 2.45) is 0 Å². The van der Waals surface area contributed by atoms with Crippen molar-refractivity contribution in [3.63, 3.8) is 0 Å². The van der Waals surface area contributed by atoms with E-state index in [0.717, 1.165) is 35.9 Å². The van der Waals surface area contributed by atoms with E-state index >= 15 is 0 Å². The van der Waals surface area contributed by atoms with Gasteiger partial charge in [0.15, 0.2) is 0 Å². The Morgan fingerprint density at radius 3 is 3.00 bits per heavy atom. The Morgan fingerprint density at radius 1 is 1.29 bits per heavy atom. The molecule has 0 unspecified atom stereocenters. The van der Waals surface area contributed by atoms with Crippen LogP contribution in [0.5, 0.6) is 0 Å². The maximum Gasteiger partial charge on any atom is 0.224 e. The van der Waals surface area contributed by atoms with Gasteiger partial charge in [-0.3, -0.25) is 4.79 Å². The number of nitrogens with one attached hydrogen (secondary N) is 2. The van der Waals surface area contributed by atoms with Crippen molar-refractivity contribution in [2.75, 3.05) is 5.32 Å². The van der Waals surface area contributed by atoms with Crippen LogP contribution in [0.2, 0.25) is 0 Å². The summed E-state index contributed by atoms with van der Waals surface area (Å²) in [5.41, 5.74) is 1.97. The lowest BCUT2D eigenvalue weighted by Gasteiger charge is -2.05. The summed E-state index contributed by atoms with van der Waals surface area (Å²) in [6.07, 6.45) is 5.73. The summed E-state index contributed by atoms with van der Waals surface area (Å²) in [5, 5.41) is 4.05. The van der Waals surface area contributed by atoms with Crippen LogP contribution in [0.25, 0.3) is 10.9 Å². The van der Waals surface area contributed by atoms with Gasteiger partial charge in [-0.15, -0.1) is 0 Å². The number of anilines is 1. The molecule has 1 amide bonds. The first kappa shape index (κ1) is 11.7. The van der Waals surface area contributed by atoms with Crippen LogP contribution in [-0.4, -0.2) is 10.9 Å². The number of H-pyrrole nitrogens is 1. The van der Waals surface area contributed by atoms with Gasteiger partial charge in [0.1, 0.15) is 0 Å². The number of hydrogen-bond acceptors (Lipinski definition) is 1. The van der Waals surface area contributed by atoms with Crippen LogP contribution in [0.15, 0.2) is 30.5 Å². The maximum absolute atomic E-state index is 11.6. The van der Waals surface area contributed by atoms with Gasteiger partial charge in [-0.1, -0.05) is 19.8 Å². The van der Waals surface area contributed by atoms with Gasteiger partial charge >= 0.3 is 0 Å². The maximum atomic E-state index is 11.6. The molecular weight excluding hydrogens is 212 g/mol. The summed E-state index contributed by atoms with van der Waals surface area (Å²) in [6.45, 7) is 2.14. The number of carbonyl (C=O) groups excluding carboxylic acids is 1. The second kappa shape index (κ2) is 5.53. The predicted octanol–water partition coefficient (Wildman–Crippen LogP) is 3.69. The van der Waals surface area contributed by atoms with Gasteiger partial charge in [0.2, 0.25) is 5.91 Å². The number of aromatic amines is 1. The molecule has 3 nitrogen and oxygen atoms in total. The summed E-state index contributed by atoms with van der Waals surface area (Å²) in [6, 6.07) is 7.90. The van der Waals surface area contributed by atoms with E-state index < -0.39 is 0 Å². The first-order valence-corrected chi connectivity index (χ1v) is 6.16. The Morgan fingerprint density at radius 2 is 2.18 bits per heavy atom. The second-order valence-corrected chi connectivity index (χ2v) is 4.28. The van der Waals surface area contributed by atoms with E-state index in [1.54, 1.807) is 0 Å². The fourth-order valence-electron chi connectivity index (χ4n) is 1.89. The van der Waals surface area contributed by atoms with E-state index in [0.29, 0.717) is 6.42 Å². The Kier molecular flexibility index (Phi) is 3.81. The molecular formula is C14H18N2O. The van der Waals surface area contributed by atoms with Gasteiger partial charge in [0, 0.05) is 29.2 Å². The van der Waals surface area contributed by atoms with Gasteiger partial charge < -0.3 is 10.3 Å². The summed E-state index contributed by atoms with van der Waals surface area (Å²) < 4.78 is 0. The first-order valence-electron chi connectivity index (χ1n) is 6.16. The summed E-state index contributed by atoms with van der Waals surface area (Å²) in [5.74, 6) is 0.105. The smallest absolute Gasteiger partial charge is 0.224 e. The van der Waals surface area contributed by atoms with E-state index in [2.05, 4.69) is 17.2 Å². The molecule has 0 radical (unpaired) electrons. The zero-order chi connectivity index (χ0) is 12.1. The lowest BCUT2D eigenvalue weighted by Crippen LogP contribution is -2.10. The molecule has 2 rings (SSSR count). The second-order valence-electron chi connectivity index (χ2n) is 4.28. The van der Waals surface area contributed by atoms with Gasteiger partial charge in [0.05, 0.1) is 0 Å². The molecule has 0 fully saturated rings. The van der Waals surface area contributed by atoms with Crippen LogP contribution < -0.4 is 5.32 Å². The van der Waals surface area contributed by atoms with Gasteiger partial charge in [0.25, 0.3) is 0 Å². The van der Waals surface area contributed by atoms with Crippen molar-refractivity contribution in [3.05, 3.63) is 30.5 Å². The largest absolute Gasteiger partial charge is 0.361 e. The molecule has 0 aliphatic rings. The van der Waals surface area contributed by atoms with E-state index in [9.17, 15) is 4.79 Å². The Balaban J connectivity index is 1.95. The van der Waals surface area contributed by atoms with E-state index in [-0.39, 0.29) is 5.91 Å². The molecule has 1 aromatic carbocycles. The highest BCUT2D eigenvalue weighted by Gasteiger charge is 2.02. The number of amides is 1. The minimum atomic E-state index is 0.105.